The van der Waals surface area contributed by atoms with Gasteiger partial charge in [-0.25, -0.2) is 9.78 Å². The van der Waals surface area contributed by atoms with Crippen molar-refractivity contribution < 1.29 is 22.7 Å². The topological polar surface area (TPSA) is 89.3 Å². The average molecular weight is 334 g/mol. The highest BCUT2D eigenvalue weighted by Crippen LogP contribution is 2.17. The van der Waals surface area contributed by atoms with Crippen LogP contribution in [0.5, 0.6) is 0 Å². The second-order valence-electron chi connectivity index (χ2n) is 5.96. The second-order valence-corrected chi connectivity index (χ2v) is 5.96. The highest BCUT2D eigenvalue weighted by Gasteiger charge is 2.36. The smallest absolute Gasteiger partial charge is 0.413 e. The van der Waals surface area contributed by atoms with E-state index in [1.807, 2.05) is 0 Å². The number of pyridine rings is 1. The van der Waals surface area contributed by atoms with Crippen LogP contribution in [0, 0.1) is 0 Å². The van der Waals surface area contributed by atoms with Gasteiger partial charge < -0.3 is 15.8 Å². The molecule has 4 N–H and O–H groups in total. The van der Waals surface area contributed by atoms with E-state index in [4.69, 9.17) is 10.5 Å². The molecule has 9 heteroatoms. The number of alkyl halides is 3. The lowest BCUT2D eigenvalue weighted by Gasteiger charge is -2.19. The number of amides is 1. The number of carbonyl (C=O) groups excluding carboxylic acids is 1. The van der Waals surface area contributed by atoms with Gasteiger partial charge in [0.2, 0.25) is 0 Å². The van der Waals surface area contributed by atoms with Crippen molar-refractivity contribution in [1.29, 1.82) is 0 Å². The fourth-order valence-electron chi connectivity index (χ4n) is 1.55. The molecule has 1 atom stereocenters. The quantitative estimate of drug-likeness (QED) is 0.769. The maximum atomic E-state index is 12.3. The summed E-state index contributed by atoms with van der Waals surface area (Å²) < 4.78 is 41.9. The molecule has 1 rings (SSSR count). The Hall–Kier alpha value is -1.87. The number of carbonyl (C=O) groups is 1. The van der Waals surface area contributed by atoms with Crippen molar-refractivity contribution in [3.63, 3.8) is 0 Å². The average Bonchev–Trinajstić information content (AvgIpc) is 2.35. The van der Waals surface area contributed by atoms with Crippen LogP contribution in [-0.2, 0) is 11.3 Å². The van der Waals surface area contributed by atoms with E-state index in [0.29, 0.717) is 5.56 Å². The molecule has 1 aromatic rings. The zero-order valence-electron chi connectivity index (χ0n) is 13.2. The van der Waals surface area contributed by atoms with Crippen LogP contribution in [0.4, 0.5) is 23.8 Å². The van der Waals surface area contributed by atoms with Crippen LogP contribution in [0.25, 0.3) is 0 Å². The molecule has 0 saturated carbocycles. The van der Waals surface area contributed by atoms with Crippen LogP contribution in [0.15, 0.2) is 18.3 Å². The molecule has 0 radical (unpaired) electrons. The zero-order valence-corrected chi connectivity index (χ0v) is 13.2. The first-order valence-electron chi connectivity index (χ1n) is 6.95. The minimum Gasteiger partial charge on any atom is -0.444 e. The number of hydrogen-bond acceptors (Lipinski definition) is 5. The Kier molecular flexibility index (Phi) is 6.34. The predicted molar refractivity (Wildman–Crippen MR) is 79.8 cm³/mol. The van der Waals surface area contributed by atoms with Gasteiger partial charge >= 0.3 is 12.3 Å². The molecule has 0 saturated heterocycles. The van der Waals surface area contributed by atoms with E-state index in [-0.39, 0.29) is 12.4 Å². The number of nitrogens with two attached hydrogens (primary N) is 1. The normalized spacial score (nSPS) is 13.5. The fraction of sp³-hybridized carbons (Fsp3) is 0.571. The number of nitrogens with one attached hydrogen (secondary N) is 2. The monoisotopic (exact) mass is 334 g/mol. The van der Waals surface area contributed by atoms with Crippen molar-refractivity contribution in [2.75, 3.05) is 11.9 Å². The summed E-state index contributed by atoms with van der Waals surface area (Å²) in [7, 11) is 0. The molecule has 1 heterocycles. The van der Waals surface area contributed by atoms with Gasteiger partial charge in [0.05, 0.1) is 0 Å². The van der Waals surface area contributed by atoms with E-state index in [9.17, 15) is 18.0 Å². The summed E-state index contributed by atoms with van der Waals surface area (Å²) in [6.07, 6.45) is -3.66. The summed E-state index contributed by atoms with van der Waals surface area (Å²) in [6, 6.07) is 1.23. The third kappa shape index (κ3) is 7.80. The minimum absolute atomic E-state index is 0.162. The van der Waals surface area contributed by atoms with Crippen LogP contribution in [0.1, 0.15) is 26.3 Å². The lowest BCUT2D eigenvalue weighted by molar-refractivity contribution is -0.146. The molecule has 0 aromatic carbocycles. The predicted octanol–water partition coefficient (Wildman–Crippen LogP) is 2.41. The van der Waals surface area contributed by atoms with Gasteiger partial charge in [-0.2, -0.15) is 13.2 Å². The van der Waals surface area contributed by atoms with Crippen molar-refractivity contribution in [1.82, 2.24) is 10.3 Å². The van der Waals surface area contributed by atoms with Gasteiger partial charge in [0.15, 0.2) is 0 Å². The van der Waals surface area contributed by atoms with Crippen molar-refractivity contribution in [3.8, 4) is 0 Å². The van der Waals surface area contributed by atoms with Gasteiger partial charge in [-0.15, -0.1) is 0 Å². The van der Waals surface area contributed by atoms with Gasteiger partial charge in [-0.1, -0.05) is 0 Å². The number of rotatable bonds is 5. The van der Waals surface area contributed by atoms with Crippen molar-refractivity contribution in [2.45, 2.75) is 45.1 Å². The molecule has 1 aromatic heterocycles. The van der Waals surface area contributed by atoms with Crippen molar-refractivity contribution in [2.24, 2.45) is 5.73 Å². The Bertz CT molecular complexity index is 529. The molecular weight excluding hydrogens is 313 g/mol. The van der Waals surface area contributed by atoms with Crippen LogP contribution in [-0.4, -0.2) is 35.4 Å². The van der Waals surface area contributed by atoms with Gasteiger partial charge in [0.1, 0.15) is 17.5 Å². The summed E-state index contributed by atoms with van der Waals surface area (Å²) in [5.41, 5.74) is 5.01. The van der Waals surface area contributed by atoms with E-state index < -0.39 is 30.5 Å². The Labute approximate surface area is 132 Å². The summed E-state index contributed by atoms with van der Waals surface area (Å²) >= 11 is 0. The highest BCUT2D eigenvalue weighted by atomic mass is 19.4. The first-order chi connectivity index (χ1) is 10.5. The summed E-state index contributed by atoms with van der Waals surface area (Å²) in [6.45, 7) is 4.94. The van der Waals surface area contributed by atoms with Crippen LogP contribution in [0.2, 0.25) is 0 Å². The molecule has 130 valence electrons. The lowest BCUT2D eigenvalue weighted by atomic mass is 10.2. The third-order valence-electron chi connectivity index (χ3n) is 2.57. The number of hydrogen-bond donors (Lipinski definition) is 3. The van der Waals surface area contributed by atoms with Gasteiger partial charge in [0, 0.05) is 19.3 Å². The van der Waals surface area contributed by atoms with Gasteiger partial charge in [-0.05, 0) is 38.5 Å². The lowest BCUT2D eigenvalue weighted by Crippen LogP contribution is -2.45. The van der Waals surface area contributed by atoms with Crippen molar-refractivity contribution in [3.05, 3.63) is 23.9 Å². The Morgan fingerprint density at radius 3 is 2.61 bits per heavy atom. The molecule has 0 aliphatic carbocycles. The minimum atomic E-state index is -4.44. The molecule has 0 aliphatic heterocycles. The molecule has 1 amide bonds. The molecule has 0 fully saturated rings. The summed E-state index contributed by atoms with van der Waals surface area (Å²) in [5, 5.41) is 5.07. The Morgan fingerprint density at radius 1 is 1.39 bits per heavy atom. The fourth-order valence-corrected chi connectivity index (χ4v) is 1.55. The molecule has 23 heavy (non-hydrogen) atoms. The molecule has 0 spiro atoms. The maximum Gasteiger partial charge on any atom is 0.413 e. The number of anilines is 1. The Balaban J connectivity index is 2.52. The molecule has 6 nitrogen and oxygen atoms in total. The van der Waals surface area contributed by atoms with Gasteiger partial charge in [-0.3, -0.25) is 5.32 Å². The first-order valence-corrected chi connectivity index (χ1v) is 6.95. The number of nitrogens with zero attached hydrogens (tertiary/aromatic N) is 1. The molecule has 0 bridgehead atoms. The third-order valence-corrected chi connectivity index (χ3v) is 2.57. The van der Waals surface area contributed by atoms with E-state index in [2.05, 4.69) is 15.6 Å². The van der Waals surface area contributed by atoms with Crippen molar-refractivity contribution >= 4 is 11.9 Å². The Morgan fingerprint density at radius 2 is 2.04 bits per heavy atom. The summed E-state index contributed by atoms with van der Waals surface area (Å²) in [5.74, 6) is 0.249. The van der Waals surface area contributed by atoms with Crippen LogP contribution >= 0.6 is 0 Å². The maximum absolute atomic E-state index is 12.3. The SMILES string of the molecule is CC(C)(C)OC(=O)Nc1cc(CNC[C@H](N)C(F)(F)F)ccn1. The first kappa shape index (κ1) is 19.2. The number of halogens is 3. The summed E-state index contributed by atoms with van der Waals surface area (Å²) in [4.78, 5) is 15.6. The van der Waals surface area contributed by atoms with E-state index in [1.165, 1.54) is 12.3 Å². The number of ether oxygens (including phenoxy) is 1. The van der Waals surface area contributed by atoms with Crippen LogP contribution < -0.4 is 16.4 Å². The second kappa shape index (κ2) is 7.60. The zero-order chi connectivity index (χ0) is 17.7. The molecule has 0 unspecified atom stereocenters. The van der Waals surface area contributed by atoms with E-state index in [0.717, 1.165) is 0 Å². The standard InChI is InChI=1S/C14H21F3N4O2/c1-13(2,3)23-12(22)21-11-6-9(4-5-20-11)7-19-8-10(18)14(15,16)17/h4-6,10,19H,7-8,18H2,1-3H3,(H,20,21,22)/t10-/m0/s1. The largest absolute Gasteiger partial charge is 0.444 e. The van der Waals surface area contributed by atoms with Crippen LogP contribution in [0.3, 0.4) is 0 Å². The van der Waals surface area contributed by atoms with E-state index in [1.54, 1.807) is 26.8 Å². The van der Waals surface area contributed by atoms with E-state index >= 15 is 0 Å². The molecule has 0 aliphatic rings. The number of aromatic nitrogens is 1. The van der Waals surface area contributed by atoms with Gasteiger partial charge in [0.25, 0.3) is 0 Å². The highest BCUT2D eigenvalue weighted by molar-refractivity contribution is 5.83. The molecular formula is C14H21F3N4O2.